The average molecular weight is 394 g/mol. The summed E-state index contributed by atoms with van der Waals surface area (Å²) in [6.45, 7) is 4.15. The van der Waals surface area contributed by atoms with E-state index < -0.39 is 0 Å². The van der Waals surface area contributed by atoms with Crippen molar-refractivity contribution in [1.29, 1.82) is 0 Å². The lowest BCUT2D eigenvalue weighted by Gasteiger charge is -2.05. The Bertz CT molecular complexity index is 1170. The van der Waals surface area contributed by atoms with E-state index in [0.717, 1.165) is 0 Å². The zero-order chi connectivity index (χ0) is 20.4. The van der Waals surface area contributed by atoms with Crippen LogP contribution in [0.15, 0.2) is 47.1 Å². The van der Waals surface area contributed by atoms with Crippen molar-refractivity contribution in [3.8, 4) is 11.5 Å². The first kappa shape index (κ1) is 18.7. The molecule has 4 aromatic rings. The normalized spacial score (nSPS) is 11.3. The SMILES string of the molecule is CC(C)c1noc(-c2cccn3c(CNC(=O)Cc4cccc(F)c4)nnc23)n1. The van der Waals surface area contributed by atoms with Crippen molar-refractivity contribution < 1.29 is 13.7 Å². The number of fused-ring (bicyclic) bond motifs is 1. The Morgan fingerprint density at radius 3 is 2.86 bits per heavy atom. The second kappa shape index (κ2) is 7.78. The van der Waals surface area contributed by atoms with Crippen LogP contribution < -0.4 is 5.32 Å². The zero-order valence-electron chi connectivity index (χ0n) is 16.0. The molecule has 0 spiro atoms. The van der Waals surface area contributed by atoms with Crippen molar-refractivity contribution in [2.24, 2.45) is 0 Å². The van der Waals surface area contributed by atoms with Crippen molar-refractivity contribution in [2.75, 3.05) is 0 Å². The van der Waals surface area contributed by atoms with Gasteiger partial charge in [-0.3, -0.25) is 9.20 Å². The first-order chi connectivity index (χ1) is 14.0. The minimum atomic E-state index is -0.368. The number of carbonyl (C=O) groups is 1. The molecule has 0 fully saturated rings. The quantitative estimate of drug-likeness (QED) is 0.540. The fraction of sp³-hybridized carbons (Fsp3) is 0.250. The summed E-state index contributed by atoms with van der Waals surface area (Å²) in [5.74, 6) is 1.08. The molecule has 148 valence electrons. The average Bonchev–Trinajstić information content (AvgIpc) is 3.34. The van der Waals surface area contributed by atoms with Crippen LogP contribution in [0.3, 0.4) is 0 Å². The van der Waals surface area contributed by atoms with Crippen molar-refractivity contribution >= 4 is 11.6 Å². The summed E-state index contributed by atoms with van der Waals surface area (Å²) in [6.07, 6.45) is 1.88. The maximum atomic E-state index is 13.3. The van der Waals surface area contributed by atoms with Gasteiger partial charge in [-0.15, -0.1) is 10.2 Å². The number of benzene rings is 1. The van der Waals surface area contributed by atoms with Gasteiger partial charge in [0.15, 0.2) is 17.3 Å². The number of hydrogen-bond donors (Lipinski definition) is 1. The number of amides is 1. The third-order valence-electron chi connectivity index (χ3n) is 4.39. The molecule has 1 amide bonds. The molecular weight excluding hydrogens is 375 g/mol. The summed E-state index contributed by atoms with van der Waals surface area (Å²) in [5, 5.41) is 15.1. The molecule has 0 saturated heterocycles. The molecule has 9 heteroatoms. The Morgan fingerprint density at radius 1 is 1.24 bits per heavy atom. The Labute approximate surface area is 165 Å². The fourth-order valence-electron chi connectivity index (χ4n) is 2.90. The Morgan fingerprint density at radius 2 is 2.10 bits per heavy atom. The summed E-state index contributed by atoms with van der Waals surface area (Å²) in [5.41, 5.74) is 1.82. The van der Waals surface area contributed by atoms with Crippen molar-refractivity contribution in [2.45, 2.75) is 32.7 Å². The summed E-state index contributed by atoms with van der Waals surface area (Å²) in [6, 6.07) is 9.62. The predicted molar refractivity (Wildman–Crippen MR) is 102 cm³/mol. The van der Waals surface area contributed by atoms with E-state index in [9.17, 15) is 9.18 Å². The highest BCUT2D eigenvalue weighted by Gasteiger charge is 2.17. The summed E-state index contributed by atoms with van der Waals surface area (Å²) < 4.78 is 20.4. The molecular formula is C20H19FN6O2. The molecule has 3 aromatic heterocycles. The minimum Gasteiger partial charge on any atom is -0.348 e. The molecule has 1 N–H and O–H groups in total. The van der Waals surface area contributed by atoms with Crippen molar-refractivity contribution in [3.63, 3.8) is 0 Å². The van der Waals surface area contributed by atoms with Gasteiger partial charge in [-0.25, -0.2) is 4.39 Å². The molecule has 1 aromatic carbocycles. The van der Waals surface area contributed by atoms with Gasteiger partial charge in [0, 0.05) is 12.1 Å². The number of carbonyl (C=O) groups excluding carboxylic acids is 1. The number of nitrogens with zero attached hydrogens (tertiary/aromatic N) is 5. The number of pyridine rings is 1. The van der Waals surface area contributed by atoms with Gasteiger partial charge >= 0.3 is 0 Å². The topological polar surface area (TPSA) is 98.2 Å². The first-order valence-electron chi connectivity index (χ1n) is 9.19. The minimum absolute atomic E-state index is 0.0830. The van der Waals surface area contributed by atoms with E-state index in [2.05, 4.69) is 25.7 Å². The summed E-state index contributed by atoms with van der Waals surface area (Å²) >= 11 is 0. The molecule has 0 aliphatic carbocycles. The van der Waals surface area contributed by atoms with Crippen LogP contribution in [0.1, 0.15) is 37.0 Å². The van der Waals surface area contributed by atoms with E-state index >= 15 is 0 Å². The molecule has 0 bridgehead atoms. The second-order valence-electron chi connectivity index (χ2n) is 6.93. The van der Waals surface area contributed by atoms with Crippen LogP contribution in [0.2, 0.25) is 0 Å². The molecule has 0 atom stereocenters. The Balaban J connectivity index is 1.51. The van der Waals surface area contributed by atoms with E-state index in [1.165, 1.54) is 12.1 Å². The highest BCUT2D eigenvalue weighted by Crippen LogP contribution is 2.23. The largest absolute Gasteiger partial charge is 0.348 e. The van der Waals surface area contributed by atoms with E-state index in [4.69, 9.17) is 4.52 Å². The highest BCUT2D eigenvalue weighted by atomic mass is 19.1. The third kappa shape index (κ3) is 3.98. The predicted octanol–water partition coefficient (Wildman–Crippen LogP) is 2.90. The number of halogens is 1. The van der Waals surface area contributed by atoms with Crippen LogP contribution in [-0.2, 0) is 17.8 Å². The van der Waals surface area contributed by atoms with E-state index in [1.54, 1.807) is 22.7 Å². The summed E-state index contributed by atoms with van der Waals surface area (Å²) in [4.78, 5) is 16.6. The maximum absolute atomic E-state index is 13.3. The van der Waals surface area contributed by atoms with E-state index in [-0.39, 0.29) is 30.6 Å². The highest BCUT2D eigenvalue weighted by molar-refractivity contribution is 5.78. The van der Waals surface area contributed by atoms with Gasteiger partial charge in [0.2, 0.25) is 5.91 Å². The molecule has 0 radical (unpaired) electrons. The molecule has 3 heterocycles. The van der Waals surface area contributed by atoms with Gasteiger partial charge in [0.25, 0.3) is 5.89 Å². The fourth-order valence-corrected chi connectivity index (χ4v) is 2.90. The molecule has 0 aliphatic rings. The molecule has 29 heavy (non-hydrogen) atoms. The standard InChI is InChI=1S/C20H19FN6O2/c1-12(2)18-23-20(29-26-18)15-7-4-8-27-16(24-25-19(15)27)11-22-17(28)10-13-5-3-6-14(21)9-13/h3-9,12H,10-11H2,1-2H3,(H,22,28). The number of rotatable bonds is 6. The Kier molecular flexibility index (Phi) is 5.03. The number of aromatic nitrogens is 5. The monoisotopic (exact) mass is 394 g/mol. The molecule has 8 nitrogen and oxygen atoms in total. The molecule has 0 saturated carbocycles. The zero-order valence-corrected chi connectivity index (χ0v) is 16.0. The van der Waals surface area contributed by atoms with Gasteiger partial charge in [0.1, 0.15) is 5.82 Å². The maximum Gasteiger partial charge on any atom is 0.261 e. The second-order valence-corrected chi connectivity index (χ2v) is 6.93. The van der Waals surface area contributed by atoms with Crippen LogP contribution in [0.25, 0.3) is 17.1 Å². The van der Waals surface area contributed by atoms with E-state index in [0.29, 0.717) is 34.3 Å². The van der Waals surface area contributed by atoms with Gasteiger partial charge < -0.3 is 9.84 Å². The number of hydrogen-bond acceptors (Lipinski definition) is 6. The number of nitrogens with one attached hydrogen (secondary N) is 1. The van der Waals surface area contributed by atoms with Crippen LogP contribution in [-0.4, -0.2) is 30.6 Å². The van der Waals surface area contributed by atoms with E-state index in [1.807, 2.05) is 26.0 Å². The lowest BCUT2D eigenvalue weighted by Crippen LogP contribution is -2.25. The van der Waals surface area contributed by atoms with Crippen molar-refractivity contribution in [1.82, 2.24) is 30.1 Å². The third-order valence-corrected chi connectivity index (χ3v) is 4.39. The first-order valence-corrected chi connectivity index (χ1v) is 9.19. The van der Waals surface area contributed by atoms with Gasteiger partial charge in [0.05, 0.1) is 18.5 Å². The lowest BCUT2D eigenvalue weighted by atomic mass is 10.1. The van der Waals surface area contributed by atoms with Gasteiger partial charge in [-0.1, -0.05) is 31.1 Å². The van der Waals surface area contributed by atoms with Crippen LogP contribution in [0.5, 0.6) is 0 Å². The van der Waals surface area contributed by atoms with Crippen molar-refractivity contribution in [3.05, 3.63) is 65.6 Å². The molecule has 4 rings (SSSR count). The smallest absolute Gasteiger partial charge is 0.261 e. The molecule has 0 unspecified atom stereocenters. The van der Waals surface area contributed by atoms with Gasteiger partial charge in [-0.2, -0.15) is 4.98 Å². The van der Waals surface area contributed by atoms with Gasteiger partial charge in [-0.05, 0) is 29.8 Å². The van der Waals surface area contributed by atoms with Crippen LogP contribution >= 0.6 is 0 Å². The lowest BCUT2D eigenvalue weighted by molar-refractivity contribution is -0.120. The molecule has 0 aliphatic heterocycles. The Hall–Kier alpha value is -3.62. The summed E-state index contributed by atoms with van der Waals surface area (Å²) in [7, 11) is 0. The van der Waals surface area contributed by atoms with Crippen LogP contribution in [0.4, 0.5) is 4.39 Å². The van der Waals surface area contributed by atoms with Crippen LogP contribution in [0, 0.1) is 5.82 Å².